The standard InChI is InChI=1S/C31H33N7O2S/c1-20-25(10-8-22-9-11-27(35-29(20)22)21-6-4-3-5-7-21)26-18-38(31-28(26)30(32)33-19-34-31)24-16-23(17-24)36-12-14-37(15-13-36)41(2,39)40/h3-11,18-19,23-24H,12-17H2,1-2H3,(H2,32,33,34). The Kier molecular flexibility index (Phi) is 6.29. The summed E-state index contributed by atoms with van der Waals surface area (Å²) in [4.78, 5) is 16.5. The predicted octanol–water partition coefficient (Wildman–Crippen LogP) is 4.48. The molecule has 7 rings (SSSR count). The Bertz CT molecular complexity index is 1870. The average Bonchev–Trinajstić information content (AvgIpc) is 3.33. The lowest BCUT2D eigenvalue weighted by molar-refractivity contribution is 0.0574. The number of hydrogen-bond acceptors (Lipinski definition) is 7. The number of pyridine rings is 1. The first-order valence-electron chi connectivity index (χ1n) is 14.0. The fourth-order valence-corrected chi connectivity index (χ4v) is 7.29. The Labute approximate surface area is 239 Å². The number of aryl methyl sites for hydroxylation is 1. The highest BCUT2D eigenvalue weighted by atomic mass is 32.2. The molecule has 9 nitrogen and oxygen atoms in total. The van der Waals surface area contributed by atoms with Gasteiger partial charge in [-0.15, -0.1) is 0 Å². The van der Waals surface area contributed by atoms with Gasteiger partial charge in [-0.3, -0.25) is 4.90 Å². The maximum Gasteiger partial charge on any atom is 0.211 e. The number of fused-ring (bicyclic) bond motifs is 2. The van der Waals surface area contributed by atoms with E-state index in [1.165, 1.54) is 6.26 Å². The molecule has 5 aromatic rings. The first kappa shape index (κ1) is 26.1. The van der Waals surface area contributed by atoms with Gasteiger partial charge >= 0.3 is 0 Å². The van der Waals surface area contributed by atoms with Gasteiger partial charge in [0.25, 0.3) is 0 Å². The van der Waals surface area contributed by atoms with Gasteiger partial charge in [0.2, 0.25) is 10.0 Å². The molecule has 3 aromatic heterocycles. The van der Waals surface area contributed by atoms with Crippen molar-refractivity contribution in [1.82, 2.24) is 28.7 Å². The van der Waals surface area contributed by atoms with Gasteiger partial charge in [0, 0.05) is 61.0 Å². The van der Waals surface area contributed by atoms with E-state index in [0.29, 0.717) is 31.0 Å². The smallest absolute Gasteiger partial charge is 0.211 e. The van der Waals surface area contributed by atoms with Crippen LogP contribution in [-0.2, 0) is 10.0 Å². The Morgan fingerprint density at radius 3 is 2.34 bits per heavy atom. The topological polar surface area (TPSA) is 110 Å². The maximum atomic E-state index is 11.9. The molecule has 1 saturated carbocycles. The van der Waals surface area contributed by atoms with E-state index in [9.17, 15) is 8.42 Å². The summed E-state index contributed by atoms with van der Waals surface area (Å²) in [5, 5.41) is 1.97. The summed E-state index contributed by atoms with van der Waals surface area (Å²) in [6.07, 6.45) is 7.00. The summed E-state index contributed by atoms with van der Waals surface area (Å²) in [5.41, 5.74) is 13.5. The summed E-state index contributed by atoms with van der Waals surface area (Å²) >= 11 is 0. The van der Waals surface area contributed by atoms with E-state index < -0.39 is 10.0 Å². The van der Waals surface area contributed by atoms with E-state index in [-0.39, 0.29) is 0 Å². The SMILES string of the molecule is Cc1c(-c2cn(C3CC(N4CCN(S(C)(=O)=O)CC4)C3)c3ncnc(N)c23)ccc2ccc(-c3ccccc3)nc12. The van der Waals surface area contributed by atoms with Crippen molar-refractivity contribution in [3.05, 3.63) is 72.7 Å². The molecule has 0 spiro atoms. The summed E-state index contributed by atoms with van der Waals surface area (Å²) < 4.78 is 27.7. The molecular weight excluding hydrogens is 534 g/mol. The average molecular weight is 568 g/mol. The van der Waals surface area contributed by atoms with E-state index in [1.807, 2.05) is 18.2 Å². The number of aromatic nitrogens is 4. The number of sulfonamides is 1. The van der Waals surface area contributed by atoms with E-state index in [2.05, 4.69) is 69.0 Å². The molecule has 4 heterocycles. The molecular formula is C31H33N7O2S. The molecule has 2 N–H and O–H groups in total. The zero-order valence-corrected chi connectivity index (χ0v) is 24.1. The van der Waals surface area contributed by atoms with Gasteiger partial charge in [-0.2, -0.15) is 4.31 Å². The van der Waals surface area contributed by atoms with Crippen LogP contribution in [0, 0.1) is 6.92 Å². The van der Waals surface area contributed by atoms with Gasteiger partial charge < -0.3 is 10.3 Å². The van der Waals surface area contributed by atoms with E-state index in [1.54, 1.807) is 10.6 Å². The van der Waals surface area contributed by atoms with Crippen molar-refractivity contribution >= 4 is 37.8 Å². The Morgan fingerprint density at radius 1 is 0.878 bits per heavy atom. The van der Waals surface area contributed by atoms with Crippen LogP contribution in [0.15, 0.2) is 67.1 Å². The minimum Gasteiger partial charge on any atom is -0.383 e. The van der Waals surface area contributed by atoms with Gasteiger partial charge in [0.1, 0.15) is 17.8 Å². The lowest BCUT2D eigenvalue weighted by Gasteiger charge is -2.46. The summed E-state index contributed by atoms with van der Waals surface area (Å²) in [5.74, 6) is 0.474. The highest BCUT2D eigenvalue weighted by Crippen LogP contribution is 2.43. The molecule has 1 aliphatic carbocycles. The molecule has 0 amide bonds. The molecule has 10 heteroatoms. The van der Waals surface area contributed by atoms with Crippen LogP contribution in [0.25, 0.3) is 44.3 Å². The monoisotopic (exact) mass is 567 g/mol. The van der Waals surface area contributed by atoms with Crippen LogP contribution in [0.4, 0.5) is 5.82 Å². The predicted molar refractivity (Wildman–Crippen MR) is 163 cm³/mol. The summed E-state index contributed by atoms with van der Waals surface area (Å²) in [7, 11) is -3.13. The van der Waals surface area contributed by atoms with Crippen molar-refractivity contribution in [2.75, 3.05) is 38.2 Å². The lowest BCUT2D eigenvalue weighted by Crippen LogP contribution is -2.55. The largest absolute Gasteiger partial charge is 0.383 e. The number of nitrogens with two attached hydrogens (primary N) is 1. The third-order valence-electron chi connectivity index (χ3n) is 8.85. The van der Waals surface area contributed by atoms with Crippen LogP contribution in [0.1, 0.15) is 24.4 Å². The first-order chi connectivity index (χ1) is 19.8. The molecule has 0 atom stereocenters. The van der Waals surface area contributed by atoms with Crippen molar-refractivity contribution < 1.29 is 8.42 Å². The van der Waals surface area contributed by atoms with Crippen LogP contribution in [0.2, 0.25) is 0 Å². The lowest BCUT2D eigenvalue weighted by atomic mass is 9.85. The fraction of sp³-hybridized carbons (Fsp3) is 0.323. The maximum absolute atomic E-state index is 11.9. The van der Waals surface area contributed by atoms with Gasteiger partial charge in [-0.1, -0.05) is 48.5 Å². The van der Waals surface area contributed by atoms with E-state index >= 15 is 0 Å². The molecule has 2 aromatic carbocycles. The van der Waals surface area contributed by atoms with Crippen LogP contribution < -0.4 is 5.73 Å². The number of nitrogens with zero attached hydrogens (tertiary/aromatic N) is 6. The number of piperazine rings is 1. The zero-order valence-electron chi connectivity index (χ0n) is 23.2. The number of anilines is 1. The fourth-order valence-electron chi connectivity index (χ4n) is 6.47. The van der Waals surface area contributed by atoms with Gasteiger partial charge in [0.05, 0.1) is 22.9 Å². The normalized spacial score (nSPS) is 20.4. The van der Waals surface area contributed by atoms with Crippen molar-refractivity contribution in [2.24, 2.45) is 0 Å². The molecule has 2 aliphatic rings. The zero-order chi connectivity index (χ0) is 28.3. The Morgan fingerprint density at radius 2 is 1.61 bits per heavy atom. The van der Waals surface area contributed by atoms with Gasteiger partial charge in [-0.25, -0.2) is 23.4 Å². The van der Waals surface area contributed by atoms with Gasteiger partial charge in [0.15, 0.2) is 0 Å². The first-order valence-corrected chi connectivity index (χ1v) is 15.9. The summed E-state index contributed by atoms with van der Waals surface area (Å²) in [6.45, 7) is 4.78. The number of rotatable bonds is 5. The second-order valence-corrected chi connectivity index (χ2v) is 13.2. The molecule has 2 fully saturated rings. The molecule has 1 aliphatic heterocycles. The molecule has 41 heavy (non-hydrogen) atoms. The Balaban J connectivity index is 1.21. The highest BCUT2D eigenvalue weighted by Gasteiger charge is 2.38. The number of nitrogen functional groups attached to an aromatic ring is 1. The minimum absolute atomic E-state index is 0.294. The van der Waals surface area contributed by atoms with E-state index in [4.69, 9.17) is 10.7 Å². The van der Waals surface area contributed by atoms with Crippen LogP contribution in [-0.4, -0.2) is 75.6 Å². The Hall–Kier alpha value is -3.86. The number of benzene rings is 2. The molecule has 1 saturated heterocycles. The van der Waals surface area contributed by atoms with Crippen molar-refractivity contribution in [3.8, 4) is 22.4 Å². The van der Waals surface area contributed by atoms with Crippen molar-refractivity contribution in [3.63, 3.8) is 0 Å². The van der Waals surface area contributed by atoms with Crippen LogP contribution >= 0.6 is 0 Å². The van der Waals surface area contributed by atoms with Crippen LogP contribution in [0.5, 0.6) is 0 Å². The van der Waals surface area contributed by atoms with Crippen molar-refractivity contribution in [2.45, 2.75) is 31.8 Å². The second kappa shape index (κ2) is 9.90. The van der Waals surface area contributed by atoms with Crippen LogP contribution in [0.3, 0.4) is 0 Å². The molecule has 210 valence electrons. The molecule has 0 bridgehead atoms. The quantitative estimate of drug-likeness (QED) is 0.333. The number of hydrogen-bond donors (Lipinski definition) is 1. The highest BCUT2D eigenvalue weighted by molar-refractivity contribution is 7.88. The second-order valence-electron chi connectivity index (χ2n) is 11.3. The summed E-state index contributed by atoms with van der Waals surface area (Å²) in [6, 6.07) is 19.4. The third-order valence-corrected chi connectivity index (χ3v) is 10.2. The minimum atomic E-state index is -3.13. The van der Waals surface area contributed by atoms with E-state index in [0.717, 1.165) is 75.8 Å². The van der Waals surface area contributed by atoms with Crippen molar-refractivity contribution in [1.29, 1.82) is 0 Å². The molecule has 0 unspecified atom stereocenters. The molecule has 0 radical (unpaired) electrons. The third kappa shape index (κ3) is 4.56. The van der Waals surface area contributed by atoms with Gasteiger partial charge in [-0.05, 0) is 37.0 Å².